The molecule has 8 heteroatoms. The van der Waals surface area contributed by atoms with Crippen molar-refractivity contribution in [2.24, 2.45) is 5.41 Å². The largest absolute Gasteiger partial charge is 0.396 e. The fourth-order valence-electron chi connectivity index (χ4n) is 5.10. The van der Waals surface area contributed by atoms with Crippen LogP contribution in [0.1, 0.15) is 54.6 Å². The van der Waals surface area contributed by atoms with Crippen molar-refractivity contribution < 1.29 is 15.0 Å². The molecule has 35 heavy (non-hydrogen) atoms. The molecule has 0 radical (unpaired) electrons. The van der Waals surface area contributed by atoms with Crippen LogP contribution in [0.25, 0.3) is 28.0 Å². The molecule has 0 aliphatic heterocycles. The molecular weight excluding hydrogens is 442 g/mol. The highest BCUT2D eigenvalue weighted by molar-refractivity contribution is 6.00. The van der Waals surface area contributed by atoms with Gasteiger partial charge in [0.2, 0.25) is 0 Å². The number of fused-ring (bicyclic) bond motifs is 1. The average molecular weight is 472 g/mol. The van der Waals surface area contributed by atoms with Crippen LogP contribution in [0.15, 0.2) is 54.9 Å². The number of rotatable bonds is 6. The van der Waals surface area contributed by atoms with Gasteiger partial charge in [0.05, 0.1) is 36.4 Å². The number of nitrogens with zero attached hydrogens (tertiary/aromatic N) is 4. The Kier molecular flexibility index (Phi) is 6.08. The van der Waals surface area contributed by atoms with Crippen molar-refractivity contribution >= 4 is 17.2 Å². The molecule has 8 nitrogen and oxygen atoms in total. The maximum atomic E-state index is 12.6. The smallest absolute Gasteiger partial charge is 0.165 e. The SMILES string of the molecule is CC(=O)c1c(C2CCC(CO)(CO)CC2)nc2c(-c3ccc(-c4ccccc4)nc3)cnn2c1N. The number of benzene rings is 1. The number of hydrogen-bond donors (Lipinski definition) is 3. The van der Waals surface area contributed by atoms with Crippen LogP contribution in [0.5, 0.6) is 0 Å². The lowest BCUT2D eigenvalue weighted by atomic mass is 9.70. The summed E-state index contributed by atoms with van der Waals surface area (Å²) in [6, 6.07) is 13.9. The van der Waals surface area contributed by atoms with Crippen LogP contribution >= 0.6 is 0 Å². The molecular formula is C27H29N5O3. The Morgan fingerprint density at radius 3 is 2.37 bits per heavy atom. The summed E-state index contributed by atoms with van der Waals surface area (Å²) < 4.78 is 1.52. The van der Waals surface area contributed by atoms with Crippen molar-refractivity contribution in [2.75, 3.05) is 18.9 Å². The fraction of sp³-hybridized carbons (Fsp3) is 0.333. The van der Waals surface area contributed by atoms with Crippen molar-refractivity contribution in [1.29, 1.82) is 0 Å². The standard InChI is InChI=1S/C27H29N5O3/c1-17(35)23-24(19-9-11-27(15-33,16-34)12-10-19)31-26-21(14-30-32(26)25(23)28)20-7-8-22(29-13-20)18-5-3-2-4-6-18/h2-8,13-14,19,33-34H,9-12,15-16,28H2,1H3. The number of anilines is 1. The van der Waals surface area contributed by atoms with E-state index >= 15 is 0 Å². The number of carbonyl (C=O) groups is 1. The number of ketones is 1. The van der Waals surface area contributed by atoms with Crippen molar-refractivity contribution in [1.82, 2.24) is 19.6 Å². The summed E-state index contributed by atoms with van der Waals surface area (Å²) in [4.78, 5) is 22.2. The normalized spacial score (nSPS) is 16.0. The van der Waals surface area contributed by atoms with Crippen molar-refractivity contribution in [3.63, 3.8) is 0 Å². The third-order valence-corrected chi connectivity index (χ3v) is 7.31. The molecule has 3 aromatic heterocycles. The Bertz CT molecular complexity index is 1350. The van der Waals surface area contributed by atoms with Gasteiger partial charge in [-0.1, -0.05) is 36.4 Å². The second-order valence-corrected chi connectivity index (χ2v) is 9.50. The van der Waals surface area contributed by atoms with Gasteiger partial charge >= 0.3 is 0 Å². The maximum Gasteiger partial charge on any atom is 0.165 e. The van der Waals surface area contributed by atoms with E-state index in [2.05, 4.69) is 10.1 Å². The summed E-state index contributed by atoms with van der Waals surface area (Å²) >= 11 is 0. The molecule has 1 fully saturated rings. The Hall–Kier alpha value is -3.62. The Balaban J connectivity index is 1.56. The Morgan fingerprint density at radius 2 is 1.77 bits per heavy atom. The van der Waals surface area contributed by atoms with Gasteiger partial charge in [0.1, 0.15) is 5.82 Å². The highest BCUT2D eigenvalue weighted by Gasteiger charge is 2.37. The monoisotopic (exact) mass is 471 g/mol. The number of carbonyl (C=O) groups excluding carboxylic acids is 1. The van der Waals surface area contributed by atoms with Gasteiger partial charge in [-0.05, 0) is 38.7 Å². The highest BCUT2D eigenvalue weighted by atomic mass is 16.3. The zero-order valence-corrected chi connectivity index (χ0v) is 19.7. The Labute approximate surface area is 203 Å². The number of hydrogen-bond acceptors (Lipinski definition) is 7. The first-order chi connectivity index (χ1) is 17.0. The first-order valence-corrected chi connectivity index (χ1v) is 11.9. The first kappa shape index (κ1) is 23.1. The molecule has 1 aliphatic carbocycles. The topological polar surface area (TPSA) is 127 Å². The molecule has 0 unspecified atom stereocenters. The fourth-order valence-corrected chi connectivity index (χ4v) is 5.10. The van der Waals surface area contributed by atoms with E-state index in [1.165, 1.54) is 11.4 Å². The maximum absolute atomic E-state index is 12.6. The second-order valence-electron chi connectivity index (χ2n) is 9.50. The van der Waals surface area contributed by atoms with Gasteiger partial charge in [-0.2, -0.15) is 9.61 Å². The molecule has 1 saturated carbocycles. The number of aliphatic hydroxyl groups is 2. The summed E-state index contributed by atoms with van der Waals surface area (Å²) in [6.07, 6.45) is 6.24. The molecule has 1 aliphatic rings. The number of Topliss-reactive ketones (excluding diaryl/α,β-unsaturated/α-hetero) is 1. The Morgan fingerprint density at radius 1 is 1.06 bits per heavy atom. The number of aliphatic hydroxyl groups excluding tert-OH is 2. The van der Waals surface area contributed by atoms with Gasteiger partial charge in [-0.3, -0.25) is 9.78 Å². The third-order valence-electron chi connectivity index (χ3n) is 7.31. The van der Waals surface area contributed by atoms with Crippen molar-refractivity contribution in [3.05, 3.63) is 66.1 Å². The van der Waals surface area contributed by atoms with E-state index in [0.29, 0.717) is 42.6 Å². The van der Waals surface area contributed by atoms with Crippen LogP contribution in [-0.4, -0.2) is 48.8 Å². The summed E-state index contributed by atoms with van der Waals surface area (Å²) in [5, 5.41) is 24.0. The molecule has 0 saturated heterocycles. The van der Waals surface area contributed by atoms with Crippen LogP contribution in [0, 0.1) is 5.41 Å². The van der Waals surface area contributed by atoms with Crippen molar-refractivity contribution in [3.8, 4) is 22.4 Å². The lowest BCUT2D eigenvalue weighted by Gasteiger charge is -2.37. The van der Waals surface area contributed by atoms with Crippen LogP contribution in [0.2, 0.25) is 0 Å². The quantitative estimate of drug-likeness (QED) is 0.364. The summed E-state index contributed by atoms with van der Waals surface area (Å²) in [6.45, 7) is 1.39. The van der Waals surface area contributed by atoms with E-state index in [9.17, 15) is 15.0 Å². The molecule has 1 aromatic carbocycles. The molecule has 0 atom stereocenters. The van der Waals surface area contributed by atoms with E-state index < -0.39 is 5.41 Å². The number of pyridine rings is 1. The zero-order valence-electron chi connectivity index (χ0n) is 19.7. The van der Waals surface area contributed by atoms with Crippen LogP contribution in [0.4, 0.5) is 5.82 Å². The molecule has 0 spiro atoms. The number of aromatic nitrogens is 4. The van der Waals surface area contributed by atoms with Gasteiger partial charge in [-0.25, -0.2) is 4.98 Å². The second kappa shape index (κ2) is 9.20. The predicted molar refractivity (Wildman–Crippen MR) is 134 cm³/mol. The lowest BCUT2D eigenvalue weighted by Crippen LogP contribution is -2.34. The summed E-state index contributed by atoms with van der Waals surface area (Å²) in [7, 11) is 0. The van der Waals surface area contributed by atoms with E-state index in [4.69, 9.17) is 10.7 Å². The van der Waals surface area contributed by atoms with E-state index in [-0.39, 0.29) is 30.7 Å². The van der Waals surface area contributed by atoms with E-state index in [1.54, 1.807) is 12.4 Å². The highest BCUT2D eigenvalue weighted by Crippen LogP contribution is 2.44. The predicted octanol–water partition coefficient (Wildman–Crippen LogP) is 3.87. The van der Waals surface area contributed by atoms with Gasteiger partial charge in [0.15, 0.2) is 11.4 Å². The average Bonchev–Trinajstić information content (AvgIpc) is 3.33. The minimum atomic E-state index is -0.476. The minimum absolute atomic E-state index is 0.00811. The van der Waals surface area contributed by atoms with E-state index in [1.807, 2.05) is 42.5 Å². The molecule has 4 aromatic rings. The molecule has 3 heterocycles. The number of nitrogens with two attached hydrogens (primary N) is 1. The van der Waals surface area contributed by atoms with Crippen LogP contribution in [0.3, 0.4) is 0 Å². The van der Waals surface area contributed by atoms with Gasteiger partial charge < -0.3 is 15.9 Å². The molecule has 4 N–H and O–H groups in total. The van der Waals surface area contributed by atoms with Gasteiger partial charge in [-0.15, -0.1) is 0 Å². The van der Waals surface area contributed by atoms with Gasteiger partial charge in [0, 0.05) is 34.2 Å². The number of nitrogen functional groups attached to an aromatic ring is 1. The first-order valence-electron chi connectivity index (χ1n) is 11.9. The summed E-state index contributed by atoms with van der Waals surface area (Å²) in [5.41, 5.74) is 11.2. The molecule has 0 amide bonds. The van der Waals surface area contributed by atoms with E-state index in [0.717, 1.165) is 22.4 Å². The van der Waals surface area contributed by atoms with Crippen LogP contribution in [-0.2, 0) is 0 Å². The van der Waals surface area contributed by atoms with Gasteiger partial charge in [0.25, 0.3) is 0 Å². The minimum Gasteiger partial charge on any atom is -0.396 e. The zero-order chi connectivity index (χ0) is 24.6. The third kappa shape index (κ3) is 4.09. The molecule has 0 bridgehead atoms. The lowest BCUT2D eigenvalue weighted by molar-refractivity contribution is 0.0185. The molecule has 5 rings (SSSR count). The van der Waals surface area contributed by atoms with Crippen LogP contribution < -0.4 is 5.73 Å². The summed E-state index contributed by atoms with van der Waals surface area (Å²) in [5.74, 6) is 0.131. The molecule has 180 valence electrons. The van der Waals surface area contributed by atoms with Crippen molar-refractivity contribution in [2.45, 2.75) is 38.5 Å².